The van der Waals surface area contributed by atoms with Gasteiger partial charge in [-0.3, -0.25) is 0 Å². The Kier molecular flexibility index (Phi) is 3.42. The number of benzene rings is 3. The van der Waals surface area contributed by atoms with Gasteiger partial charge in [-0.05, 0) is 12.1 Å². The third-order valence-electron chi connectivity index (χ3n) is 5.19. The van der Waals surface area contributed by atoms with Gasteiger partial charge in [-0.2, -0.15) is 0 Å². The summed E-state index contributed by atoms with van der Waals surface area (Å²) in [4.78, 5) is 32.5. The number of ether oxygens (including phenoxy) is 2. The molecule has 6 heteroatoms. The highest BCUT2D eigenvalue weighted by Crippen LogP contribution is 2.40. The number of esters is 2. The smallest absolute Gasteiger partial charge is 0.339 e. The Hall–Kier alpha value is -3.80. The molecule has 5 aromatic rings. The van der Waals surface area contributed by atoms with Crippen molar-refractivity contribution in [3.63, 3.8) is 0 Å². The van der Waals surface area contributed by atoms with E-state index in [0.717, 1.165) is 32.8 Å². The molecule has 0 bridgehead atoms. The number of methoxy groups -OCH3 is 2. The third kappa shape index (κ3) is 2.02. The lowest BCUT2D eigenvalue weighted by molar-refractivity contribution is 0.0559. The Morgan fingerprint density at radius 1 is 0.679 bits per heavy atom. The number of hydrogen-bond donors (Lipinski definition) is 2. The monoisotopic (exact) mass is 372 g/mol. The standard InChI is InChI=1S/C22H16N2O4/c1-27-21(25)17-15-11-7-3-5-9-13(11)23-19(15)20-16(18(17)22(26)28-2)12-8-4-6-10-14(12)24-20/h3-10,23-24H,1-2H3. The Bertz CT molecular complexity index is 1320. The molecule has 0 amide bonds. The molecule has 0 saturated carbocycles. The molecular formula is C22H16N2O4. The molecule has 0 fully saturated rings. The third-order valence-corrected chi connectivity index (χ3v) is 5.19. The summed E-state index contributed by atoms with van der Waals surface area (Å²) >= 11 is 0. The Morgan fingerprint density at radius 2 is 1.07 bits per heavy atom. The van der Waals surface area contributed by atoms with E-state index in [1.165, 1.54) is 14.2 Å². The van der Waals surface area contributed by atoms with Gasteiger partial charge in [0.1, 0.15) is 0 Å². The van der Waals surface area contributed by atoms with Gasteiger partial charge >= 0.3 is 11.9 Å². The van der Waals surface area contributed by atoms with Gasteiger partial charge in [-0.1, -0.05) is 36.4 Å². The van der Waals surface area contributed by atoms with Crippen LogP contribution in [0.3, 0.4) is 0 Å². The van der Waals surface area contributed by atoms with E-state index in [4.69, 9.17) is 9.47 Å². The molecule has 0 atom stereocenters. The van der Waals surface area contributed by atoms with Crippen molar-refractivity contribution in [2.24, 2.45) is 0 Å². The Labute approximate surface area is 159 Å². The van der Waals surface area contributed by atoms with E-state index in [0.29, 0.717) is 10.8 Å². The van der Waals surface area contributed by atoms with Gasteiger partial charge in [-0.25, -0.2) is 9.59 Å². The highest BCUT2D eigenvalue weighted by atomic mass is 16.5. The first kappa shape index (κ1) is 16.4. The number of aromatic nitrogens is 2. The van der Waals surface area contributed by atoms with Crippen LogP contribution < -0.4 is 0 Å². The van der Waals surface area contributed by atoms with Crippen LogP contribution >= 0.6 is 0 Å². The van der Waals surface area contributed by atoms with Gasteiger partial charge in [0.15, 0.2) is 0 Å². The quantitative estimate of drug-likeness (QED) is 0.446. The molecule has 0 aliphatic heterocycles. The number of H-pyrrole nitrogens is 2. The molecule has 5 rings (SSSR count). The van der Waals surface area contributed by atoms with Gasteiger partial charge in [0.05, 0.1) is 36.4 Å². The summed E-state index contributed by atoms with van der Waals surface area (Å²) in [6, 6.07) is 15.3. The minimum atomic E-state index is -0.581. The normalized spacial score (nSPS) is 11.5. The molecule has 6 nitrogen and oxygen atoms in total. The van der Waals surface area contributed by atoms with E-state index in [-0.39, 0.29) is 11.1 Å². The van der Waals surface area contributed by atoms with Crippen molar-refractivity contribution < 1.29 is 19.1 Å². The topological polar surface area (TPSA) is 84.2 Å². The zero-order valence-corrected chi connectivity index (χ0v) is 15.3. The fourth-order valence-electron chi connectivity index (χ4n) is 4.04. The molecule has 2 aromatic heterocycles. The average Bonchev–Trinajstić information content (AvgIpc) is 3.30. The molecule has 3 aromatic carbocycles. The van der Waals surface area contributed by atoms with Crippen molar-refractivity contribution in [2.45, 2.75) is 0 Å². The number of rotatable bonds is 2. The number of nitrogens with one attached hydrogen (secondary N) is 2. The van der Waals surface area contributed by atoms with Crippen LogP contribution in [0.4, 0.5) is 0 Å². The summed E-state index contributed by atoms with van der Waals surface area (Å²) in [5.41, 5.74) is 3.65. The fourth-order valence-corrected chi connectivity index (χ4v) is 4.04. The van der Waals surface area contributed by atoms with Crippen LogP contribution in [0, 0.1) is 0 Å². The summed E-state index contributed by atoms with van der Waals surface area (Å²) in [7, 11) is 2.62. The molecule has 0 unspecified atom stereocenters. The second-order valence-electron chi connectivity index (χ2n) is 6.57. The fraction of sp³-hybridized carbons (Fsp3) is 0.0909. The number of carbonyl (C=O) groups is 2. The van der Waals surface area contributed by atoms with E-state index in [2.05, 4.69) is 9.97 Å². The zero-order valence-electron chi connectivity index (χ0n) is 15.3. The predicted octanol–water partition coefficient (Wildman–Crippen LogP) is 4.53. The van der Waals surface area contributed by atoms with Crippen LogP contribution in [-0.4, -0.2) is 36.1 Å². The number of hydrogen-bond acceptors (Lipinski definition) is 4. The number of aromatic amines is 2. The molecule has 0 radical (unpaired) electrons. The Balaban J connectivity index is 2.17. The second kappa shape index (κ2) is 5.85. The summed E-state index contributed by atoms with van der Waals surface area (Å²) in [5.74, 6) is -1.16. The maximum atomic E-state index is 12.9. The number of carbonyl (C=O) groups excluding carboxylic acids is 2. The minimum Gasteiger partial charge on any atom is -0.465 e. The van der Waals surface area contributed by atoms with Crippen LogP contribution in [0.25, 0.3) is 43.6 Å². The zero-order chi connectivity index (χ0) is 19.4. The summed E-state index contributed by atoms with van der Waals surface area (Å²) in [5, 5.41) is 2.95. The Morgan fingerprint density at radius 3 is 1.46 bits per heavy atom. The van der Waals surface area contributed by atoms with Gasteiger partial charge in [0.2, 0.25) is 0 Å². The molecule has 0 saturated heterocycles. The first-order valence-corrected chi connectivity index (χ1v) is 8.79. The predicted molar refractivity (Wildman–Crippen MR) is 108 cm³/mol. The van der Waals surface area contributed by atoms with Crippen LogP contribution in [-0.2, 0) is 9.47 Å². The average molecular weight is 372 g/mol. The van der Waals surface area contributed by atoms with E-state index < -0.39 is 11.9 Å². The number of para-hydroxylation sites is 2. The molecule has 28 heavy (non-hydrogen) atoms. The van der Waals surface area contributed by atoms with Gasteiger partial charge in [0.25, 0.3) is 0 Å². The van der Waals surface area contributed by atoms with Gasteiger partial charge < -0.3 is 19.4 Å². The van der Waals surface area contributed by atoms with E-state index in [9.17, 15) is 9.59 Å². The van der Waals surface area contributed by atoms with Crippen LogP contribution in [0.15, 0.2) is 48.5 Å². The summed E-state index contributed by atoms with van der Waals surface area (Å²) in [6.07, 6.45) is 0. The highest BCUT2D eigenvalue weighted by molar-refractivity contribution is 6.33. The van der Waals surface area contributed by atoms with Crippen molar-refractivity contribution in [1.82, 2.24) is 9.97 Å². The van der Waals surface area contributed by atoms with E-state index in [1.807, 2.05) is 48.5 Å². The second-order valence-corrected chi connectivity index (χ2v) is 6.57. The first-order chi connectivity index (χ1) is 13.7. The molecular weight excluding hydrogens is 356 g/mol. The summed E-state index contributed by atoms with van der Waals surface area (Å²) < 4.78 is 10.1. The lowest BCUT2D eigenvalue weighted by Gasteiger charge is -2.11. The molecule has 2 N–H and O–H groups in total. The molecule has 0 aliphatic rings. The minimum absolute atomic E-state index is 0.207. The van der Waals surface area contributed by atoms with Crippen molar-refractivity contribution in [3.05, 3.63) is 59.7 Å². The largest absolute Gasteiger partial charge is 0.465 e. The highest BCUT2D eigenvalue weighted by Gasteiger charge is 2.29. The van der Waals surface area contributed by atoms with Gasteiger partial charge in [0, 0.05) is 32.6 Å². The lowest BCUT2D eigenvalue weighted by Crippen LogP contribution is -2.13. The van der Waals surface area contributed by atoms with Crippen molar-refractivity contribution >= 4 is 55.6 Å². The van der Waals surface area contributed by atoms with E-state index >= 15 is 0 Å². The SMILES string of the molecule is COC(=O)c1c(C(=O)OC)c2c3ccccc3[nH]c2c2[nH]c3ccccc3c12. The summed E-state index contributed by atoms with van der Waals surface area (Å²) in [6.45, 7) is 0. The molecule has 0 spiro atoms. The maximum Gasteiger partial charge on any atom is 0.339 e. The van der Waals surface area contributed by atoms with Crippen molar-refractivity contribution in [3.8, 4) is 0 Å². The lowest BCUT2D eigenvalue weighted by atomic mass is 9.95. The van der Waals surface area contributed by atoms with Gasteiger partial charge in [-0.15, -0.1) is 0 Å². The molecule has 0 aliphatic carbocycles. The van der Waals surface area contributed by atoms with Crippen molar-refractivity contribution in [2.75, 3.05) is 14.2 Å². The van der Waals surface area contributed by atoms with Crippen molar-refractivity contribution in [1.29, 1.82) is 0 Å². The van der Waals surface area contributed by atoms with E-state index in [1.54, 1.807) is 0 Å². The van der Waals surface area contributed by atoms with Crippen LogP contribution in [0.5, 0.6) is 0 Å². The maximum absolute atomic E-state index is 12.9. The number of fused-ring (bicyclic) bond motifs is 7. The molecule has 2 heterocycles. The van der Waals surface area contributed by atoms with Crippen LogP contribution in [0.1, 0.15) is 20.7 Å². The first-order valence-electron chi connectivity index (χ1n) is 8.79. The molecule has 138 valence electrons. The van der Waals surface area contributed by atoms with Crippen LogP contribution in [0.2, 0.25) is 0 Å².